The highest BCUT2D eigenvalue weighted by atomic mass is 32.2. The number of aromatic amines is 2. The third-order valence-electron chi connectivity index (χ3n) is 4.20. The van der Waals surface area contributed by atoms with Gasteiger partial charge in [0.2, 0.25) is 5.82 Å². The van der Waals surface area contributed by atoms with E-state index in [0.717, 1.165) is 16.7 Å². The van der Waals surface area contributed by atoms with Gasteiger partial charge in [0.25, 0.3) is 5.56 Å². The molecule has 4 rings (SSSR count). The maximum Gasteiger partial charge on any atom is 0.269 e. The lowest BCUT2D eigenvalue weighted by atomic mass is 10.1. The molecule has 9 heteroatoms. The number of hydrogen-bond donors (Lipinski definition) is 2. The summed E-state index contributed by atoms with van der Waals surface area (Å²) in [5.41, 5.74) is 2.97. The fraction of sp³-hybridized carbons (Fsp3) is 0.100. The predicted octanol–water partition coefficient (Wildman–Crippen LogP) is 2.70. The fourth-order valence-corrected chi connectivity index (χ4v) is 3.66. The summed E-state index contributed by atoms with van der Waals surface area (Å²) in [6.07, 6.45) is 0.425. The van der Waals surface area contributed by atoms with Gasteiger partial charge in [-0.25, -0.2) is 4.98 Å². The molecule has 0 saturated carbocycles. The van der Waals surface area contributed by atoms with Crippen LogP contribution < -0.4 is 5.56 Å². The zero-order valence-electron chi connectivity index (χ0n) is 15.2. The van der Waals surface area contributed by atoms with Crippen molar-refractivity contribution in [1.29, 1.82) is 5.26 Å². The first-order chi connectivity index (χ1) is 14.2. The maximum atomic E-state index is 12.3. The molecule has 2 N–H and O–H groups in total. The van der Waals surface area contributed by atoms with Gasteiger partial charge in [0.15, 0.2) is 5.16 Å². The molecule has 0 amide bonds. The molecule has 2 aromatic heterocycles. The zero-order valence-corrected chi connectivity index (χ0v) is 16.0. The molecule has 2 aromatic carbocycles. The average Bonchev–Trinajstić information content (AvgIpc) is 3.28. The molecule has 0 aliphatic heterocycles. The van der Waals surface area contributed by atoms with Crippen LogP contribution in [-0.4, -0.2) is 30.6 Å². The second-order valence-corrected chi connectivity index (χ2v) is 7.16. The van der Waals surface area contributed by atoms with E-state index < -0.39 is 5.56 Å². The van der Waals surface area contributed by atoms with E-state index in [0.29, 0.717) is 28.8 Å². The molecule has 2 heterocycles. The summed E-state index contributed by atoms with van der Waals surface area (Å²) in [6, 6.07) is 19.4. The van der Waals surface area contributed by atoms with E-state index in [4.69, 9.17) is 0 Å². The smallest absolute Gasteiger partial charge is 0.269 e. The Morgan fingerprint density at radius 2 is 1.90 bits per heavy atom. The minimum atomic E-state index is -0.420. The number of tetrazole rings is 1. The minimum absolute atomic E-state index is 0.0531. The van der Waals surface area contributed by atoms with Gasteiger partial charge >= 0.3 is 0 Å². The number of rotatable bonds is 6. The summed E-state index contributed by atoms with van der Waals surface area (Å²) in [7, 11) is 0. The molecule has 142 valence electrons. The van der Waals surface area contributed by atoms with Gasteiger partial charge in [-0.05, 0) is 22.4 Å². The standard InChI is InChI=1S/C20H15N7OS/c21-11-16-17(10-13-5-2-1-3-6-13)22-20(23-19(16)28)29-12-14-7-4-8-15(9-14)18-24-26-27-25-18/h1-9H,10,12H2,(H,22,23,28)(H,24,25,26,27). The summed E-state index contributed by atoms with van der Waals surface area (Å²) in [6.45, 7) is 0. The topological polar surface area (TPSA) is 124 Å². The summed E-state index contributed by atoms with van der Waals surface area (Å²) < 4.78 is 0. The number of H-pyrrole nitrogens is 2. The van der Waals surface area contributed by atoms with E-state index in [1.165, 1.54) is 11.8 Å². The highest BCUT2D eigenvalue weighted by Crippen LogP contribution is 2.23. The Balaban J connectivity index is 1.56. The third-order valence-corrected chi connectivity index (χ3v) is 5.15. The van der Waals surface area contributed by atoms with Crippen molar-refractivity contribution in [1.82, 2.24) is 30.6 Å². The Morgan fingerprint density at radius 3 is 2.66 bits per heavy atom. The first-order valence-corrected chi connectivity index (χ1v) is 9.74. The molecular weight excluding hydrogens is 386 g/mol. The Hall–Kier alpha value is -3.77. The van der Waals surface area contributed by atoms with Gasteiger partial charge < -0.3 is 4.98 Å². The van der Waals surface area contributed by atoms with Crippen LogP contribution in [-0.2, 0) is 12.2 Å². The number of hydrogen-bond acceptors (Lipinski definition) is 7. The van der Waals surface area contributed by atoms with Gasteiger partial charge in [-0.15, -0.1) is 10.2 Å². The molecule has 0 fully saturated rings. The van der Waals surface area contributed by atoms with Crippen molar-refractivity contribution >= 4 is 11.8 Å². The van der Waals surface area contributed by atoms with Crippen molar-refractivity contribution in [2.24, 2.45) is 0 Å². The normalized spacial score (nSPS) is 10.6. The van der Waals surface area contributed by atoms with Gasteiger partial charge in [0.1, 0.15) is 11.6 Å². The summed E-state index contributed by atoms with van der Waals surface area (Å²) in [4.78, 5) is 19.6. The monoisotopic (exact) mass is 401 g/mol. The van der Waals surface area contributed by atoms with E-state index in [9.17, 15) is 10.1 Å². The van der Waals surface area contributed by atoms with E-state index in [2.05, 4.69) is 30.6 Å². The Labute approximate surface area is 170 Å². The lowest BCUT2D eigenvalue weighted by molar-refractivity contribution is 0.870. The highest BCUT2D eigenvalue weighted by Gasteiger charge is 2.13. The highest BCUT2D eigenvalue weighted by molar-refractivity contribution is 7.98. The minimum Gasteiger partial charge on any atom is -0.300 e. The molecule has 0 atom stereocenters. The Bertz CT molecular complexity index is 1210. The van der Waals surface area contributed by atoms with Gasteiger partial charge in [0.05, 0.1) is 5.69 Å². The SMILES string of the molecule is N#Cc1c(Cc2ccccc2)nc(SCc2cccc(-c3nn[nH]n3)c2)[nH]c1=O. The lowest BCUT2D eigenvalue weighted by Gasteiger charge is -2.07. The van der Waals surface area contributed by atoms with Gasteiger partial charge in [0, 0.05) is 17.7 Å². The third kappa shape index (κ3) is 4.39. The quantitative estimate of drug-likeness (QED) is 0.376. The molecule has 0 saturated heterocycles. The van der Waals surface area contributed by atoms with Crippen LogP contribution in [0.5, 0.6) is 0 Å². The van der Waals surface area contributed by atoms with Crippen LogP contribution in [0.2, 0.25) is 0 Å². The first-order valence-electron chi connectivity index (χ1n) is 8.75. The van der Waals surface area contributed by atoms with Gasteiger partial charge in [-0.2, -0.15) is 10.5 Å². The first kappa shape index (κ1) is 18.6. The Kier molecular flexibility index (Phi) is 5.45. The second kappa shape index (κ2) is 8.50. The van der Waals surface area contributed by atoms with Crippen LogP contribution in [0.3, 0.4) is 0 Å². The van der Waals surface area contributed by atoms with Crippen molar-refractivity contribution in [2.45, 2.75) is 17.3 Å². The number of nitrogens with one attached hydrogen (secondary N) is 2. The molecule has 4 aromatic rings. The molecule has 8 nitrogen and oxygen atoms in total. The number of benzene rings is 2. The van der Waals surface area contributed by atoms with Crippen LogP contribution in [0.15, 0.2) is 64.5 Å². The molecule has 0 aliphatic carbocycles. The number of nitrogens with zero attached hydrogens (tertiary/aromatic N) is 5. The van der Waals surface area contributed by atoms with Crippen molar-refractivity contribution in [3.63, 3.8) is 0 Å². The van der Waals surface area contributed by atoms with E-state index in [1.807, 2.05) is 60.7 Å². The summed E-state index contributed by atoms with van der Waals surface area (Å²) in [5, 5.41) is 23.8. The van der Waals surface area contributed by atoms with Crippen LogP contribution in [0.4, 0.5) is 0 Å². The van der Waals surface area contributed by atoms with Crippen molar-refractivity contribution in [3.05, 3.63) is 87.3 Å². The van der Waals surface area contributed by atoms with Crippen molar-refractivity contribution < 1.29 is 0 Å². The zero-order chi connectivity index (χ0) is 20.1. The second-order valence-electron chi connectivity index (χ2n) is 6.19. The molecular formula is C20H15N7OS. The van der Waals surface area contributed by atoms with Crippen LogP contribution in [0.25, 0.3) is 11.4 Å². The summed E-state index contributed by atoms with van der Waals surface area (Å²) >= 11 is 1.40. The predicted molar refractivity (Wildman–Crippen MR) is 108 cm³/mol. The van der Waals surface area contributed by atoms with E-state index in [-0.39, 0.29) is 5.56 Å². The maximum absolute atomic E-state index is 12.3. The lowest BCUT2D eigenvalue weighted by Crippen LogP contribution is -2.17. The van der Waals surface area contributed by atoms with Crippen LogP contribution in [0.1, 0.15) is 22.4 Å². The molecule has 0 spiro atoms. The molecule has 0 aliphatic rings. The average molecular weight is 401 g/mol. The van der Waals surface area contributed by atoms with E-state index in [1.54, 1.807) is 0 Å². The number of thioether (sulfide) groups is 1. The molecule has 29 heavy (non-hydrogen) atoms. The van der Waals surface area contributed by atoms with E-state index >= 15 is 0 Å². The van der Waals surface area contributed by atoms with Crippen LogP contribution >= 0.6 is 11.8 Å². The fourth-order valence-electron chi connectivity index (χ4n) is 2.83. The van der Waals surface area contributed by atoms with Crippen LogP contribution in [0, 0.1) is 11.3 Å². The number of aromatic nitrogens is 6. The Morgan fingerprint density at radius 1 is 1.07 bits per heavy atom. The largest absolute Gasteiger partial charge is 0.300 e. The molecule has 0 bridgehead atoms. The summed E-state index contributed by atoms with van der Waals surface area (Å²) in [5.74, 6) is 1.11. The number of nitriles is 1. The van der Waals surface area contributed by atoms with Gasteiger partial charge in [-0.1, -0.05) is 60.3 Å². The van der Waals surface area contributed by atoms with Crippen molar-refractivity contribution in [3.8, 4) is 17.5 Å². The van der Waals surface area contributed by atoms with Gasteiger partial charge in [-0.3, -0.25) is 4.79 Å². The van der Waals surface area contributed by atoms with Crippen molar-refractivity contribution in [2.75, 3.05) is 0 Å². The molecule has 0 radical (unpaired) electrons. The molecule has 0 unspecified atom stereocenters.